The van der Waals surface area contributed by atoms with Gasteiger partial charge in [0.1, 0.15) is 5.69 Å². The molecule has 4 rings (SSSR count). The molecule has 0 radical (unpaired) electrons. The van der Waals surface area contributed by atoms with Gasteiger partial charge in [-0.25, -0.2) is 4.98 Å². The summed E-state index contributed by atoms with van der Waals surface area (Å²) in [4.78, 5) is 18.8. The highest BCUT2D eigenvalue weighted by atomic mass is 32.2. The number of aromatic nitrogens is 1. The number of nitrogens with zero attached hydrogens (tertiary/aromatic N) is 2. The fourth-order valence-electron chi connectivity index (χ4n) is 3.93. The Hall–Kier alpha value is -1.11. The number of carbonyl (C=O) groups is 1. The van der Waals surface area contributed by atoms with Crippen molar-refractivity contribution in [2.75, 3.05) is 38.7 Å². The van der Waals surface area contributed by atoms with Crippen LogP contribution in [0, 0.1) is 12.8 Å². The molecule has 3 fully saturated rings. The zero-order chi connectivity index (χ0) is 17.3. The molecule has 1 atom stereocenters. The molecule has 3 aliphatic rings. The Morgan fingerprint density at radius 3 is 2.96 bits per heavy atom. The molecular weight excluding hydrogens is 336 g/mol. The van der Waals surface area contributed by atoms with Gasteiger partial charge in [-0.3, -0.25) is 4.79 Å². The molecule has 0 aliphatic carbocycles. The van der Waals surface area contributed by atoms with E-state index in [-0.39, 0.29) is 10.7 Å². The van der Waals surface area contributed by atoms with Gasteiger partial charge in [0.05, 0.1) is 10.9 Å². The lowest BCUT2D eigenvalue weighted by molar-refractivity contribution is -0.0119. The van der Waals surface area contributed by atoms with Crippen LogP contribution >= 0.6 is 11.8 Å². The van der Waals surface area contributed by atoms with Gasteiger partial charge in [-0.1, -0.05) is 6.07 Å². The lowest BCUT2D eigenvalue weighted by Crippen LogP contribution is -2.60. The molecule has 0 N–H and O–H groups in total. The third-order valence-electron chi connectivity index (χ3n) is 5.44. The van der Waals surface area contributed by atoms with Gasteiger partial charge in [0.2, 0.25) is 0 Å². The molecule has 4 heterocycles. The maximum Gasteiger partial charge on any atom is 0.272 e. The molecule has 5 nitrogen and oxygen atoms in total. The first-order valence-corrected chi connectivity index (χ1v) is 10.2. The molecule has 0 unspecified atom stereocenters. The Balaban J connectivity index is 1.25. The van der Waals surface area contributed by atoms with Gasteiger partial charge in [-0.2, -0.15) is 0 Å². The van der Waals surface area contributed by atoms with Crippen molar-refractivity contribution in [3.8, 4) is 0 Å². The maximum absolute atomic E-state index is 12.5. The molecule has 1 spiro atoms. The summed E-state index contributed by atoms with van der Waals surface area (Å²) in [6.45, 7) is 6.18. The van der Waals surface area contributed by atoms with Crippen molar-refractivity contribution in [1.29, 1.82) is 0 Å². The minimum Gasteiger partial charge on any atom is -0.381 e. The zero-order valence-corrected chi connectivity index (χ0v) is 15.6. The largest absolute Gasteiger partial charge is 0.381 e. The van der Waals surface area contributed by atoms with Crippen LogP contribution < -0.4 is 0 Å². The second-order valence-corrected chi connectivity index (χ2v) is 9.02. The number of hydrogen-bond donors (Lipinski definition) is 0. The fraction of sp³-hybridized carbons (Fsp3) is 0.684. The van der Waals surface area contributed by atoms with Gasteiger partial charge >= 0.3 is 0 Å². The predicted octanol–water partition coefficient (Wildman–Crippen LogP) is 2.53. The van der Waals surface area contributed by atoms with E-state index in [9.17, 15) is 4.79 Å². The van der Waals surface area contributed by atoms with E-state index in [1.54, 1.807) is 0 Å². The van der Waals surface area contributed by atoms with E-state index < -0.39 is 0 Å². The van der Waals surface area contributed by atoms with Crippen molar-refractivity contribution in [1.82, 2.24) is 9.88 Å². The lowest BCUT2D eigenvalue weighted by Gasteiger charge is -2.47. The van der Waals surface area contributed by atoms with Crippen LogP contribution in [0.2, 0.25) is 0 Å². The summed E-state index contributed by atoms with van der Waals surface area (Å²) in [5, 5.41) is 0. The van der Waals surface area contributed by atoms with Gasteiger partial charge in [-0.15, -0.1) is 11.8 Å². The van der Waals surface area contributed by atoms with E-state index in [4.69, 9.17) is 9.47 Å². The first-order valence-electron chi connectivity index (χ1n) is 9.20. The van der Waals surface area contributed by atoms with Crippen molar-refractivity contribution >= 4 is 17.7 Å². The van der Waals surface area contributed by atoms with Gasteiger partial charge in [0, 0.05) is 44.4 Å². The predicted molar refractivity (Wildman–Crippen MR) is 98.0 cm³/mol. The van der Waals surface area contributed by atoms with E-state index >= 15 is 0 Å². The molecule has 0 aromatic carbocycles. The molecule has 136 valence electrons. The summed E-state index contributed by atoms with van der Waals surface area (Å²) in [6, 6.07) is 5.62. The zero-order valence-electron chi connectivity index (χ0n) is 14.8. The summed E-state index contributed by atoms with van der Waals surface area (Å²) in [7, 11) is 0. The second-order valence-electron chi connectivity index (χ2n) is 7.53. The Morgan fingerprint density at radius 1 is 1.40 bits per heavy atom. The third kappa shape index (κ3) is 3.86. The minimum atomic E-state index is 0.0569. The quantitative estimate of drug-likeness (QED) is 0.824. The van der Waals surface area contributed by atoms with Gasteiger partial charge in [-0.05, 0) is 44.2 Å². The number of hydrogen-bond acceptors (Lipinski definition) is 5. The number of pyridine rings is 1. The Bertz CT molecular complexity index is 627. The van der Waals surface area contributed by atoms with E-state index in [1.807, 2.05) is 41.8 Å². The highest BCUT2D eigenvalue weighted by Gasteiger charge is 2.51. The first kappa shape index (κ1) is 17.3. The van der Waals surface area contributed by atoms with Crippen LogP contribution in [0.25, 0.3) is 0 Å². The molecule has 0 bridgehead atoms. The number of thioether (sulfide) groups is 1. The van der Waals surface area contributed by atoms with Crippen molar-refractivity contribution in [3.63, 3.8) is 0 Å². The van der Waals surface area contributed by atoms with Crippen LogP contribution in [0.4, 0.5) is 0 Å². The molecule has 3 aliphatic heterocycles. The summed E-state index contributed by atoms with van der Waals surface area (Å²) in [6.07, 6.45) is 3.64. The van der Waals surface area contributed by atoms with E-state index in [1.165, 1.54) is 0 Å². The fourth-order valence-corrected chi connectivity index (χ4v) is 5.48. The van der Waals surface area contributed by atoms with E-state index in [0.29, 0.717) is 17.7 Å². The van der Waals surface area contributed by atoms with Gasteiger partial charge < -0.3 is 14.4 Å². The molecule has 0 saturated carbocycles. The van der Waals surface area contributed by atoms with Gasteiger partial charge in [0.15, 0.2) is 0 Å². The van der Waals surface area contributed by atoms with Crippen LogP contribution in [0.15, 0.2) is 18.2 Å². The average molecular weight is 362 g/mol. The monoisotopic (exact) mass is 362 g/mol. The van der Waals surface area contributed by atoms with Crippen LogP contribution in [-0.4, -0.2) is 65.3 Å². The number of likely N-dealkylation sites (tertiary alicyclic amines) is 1. The van der Waals surface area contributed by atoms with Gasteiger partial charge in [0.25, 0.3) is 5.91 Å². The van der Waals surface area contributed by atoms with Crippen molar-refractivity contribution in [2.24, 2.45) is 5.92 Å². The van der Waals surface area contributed by atoms with Crippen LogP contribution in [0.5, 0.6) is 0 Å². The van der Waals surface area contributed by atoms with Crippen LogP contribution in [0.1, 0.15) is 35.4 Å². The van der Waals surface area contributed by atoms with E-state index in [2.05, 4.69) is 4.98 Å². The van der Waals surface area contributed by atoms with E-state index in [0.717, 1.165) is 63.6 Å². The minimum absolute atomic E-state index is 0.0569. The molecule has 3 saturated heterocycles. The number of rotatable bonds is 4. The van der Waals surface area contributed by atoms with Crippen molar-refractivity contribution < 1.29 is 14.3 Å². The average Bonchev–Trinajstić information content (AvgIpc) is 3.04. The molecular formula is C19H26N2O3S. The molecule has 1 amide bonds. The van der Waals surface area contributed by atoms with Crippen LogP contribution in [-0.2, 0) is 9.47 Å². The summed E-state index contributed by atoms with van der Waals surface area (Å²) >= 11 is 1.98. The normalized spacial score (nSPS) is 26.0. The maximum atomic E-state index is 12.5. The molecule has 1 aromatic heterocycles. The van der Waals surface area contributed by atoms with Crippen molar-refractivity contribution in [3.05, 3.63) is 29.6 Å². The second kappa shape index (κ2) is 7.25. The molecule has 25 heavy (non-hydrogen) atoms. The topological polar surface area (TPSA) is 51.7 Å². The molecule has 1 aromatic rings. The SMILES string of the molecule is Cc1cccc(C(=O)N2CC3(C[C@H](OCC4CCOCC4)CS3)C2)n1. The first-order chi connectivity index (χ1) is 12.1. The van der Waals surface area contributed by atoms with Crippen LogP contribution in [0.3, 0.4) is 0 Å². The number of aryl methyl sites for hydroxylation is 1. The highest BCUT2D eigenvalue weighted by Crippen LogP contribution is 2.46. The summed E-state index contributed by atoms with van der Waals surface area (Å²) in [5.74, 6) is 1.76. The Labute approximate surface area is 153 Å². The van der Waals surface area contributed by atoms with Crippen molar-refractivity contribution in [2.45, 2.75) is 37.0 Å². The standard InChI is InChI=1S/C19H26N2O3S/c1-14-3-2-4-17(20-14)18(22)21-12-19(13-21)9-16(11-25-19)24-10-15-5-7-23-8-6-15/h2-4,15-16H,5-13H2,1H3/t16-/m0/s1. The molecule has 6 heteroatoms. The number of carbonyl (C=O) groups excluding carboxylic acids is 1. The number of amides is 1. The highest BCUT2D eigenvalue weighted by molar-refractivity contribution is 8.01. The summed E-state index contributed by atoms with van der Waals surface area (Å²) < 4.78 is 11.8. The smallest absolute Gasteiger partial charge is 0.272 e. The third-order valence-corrected chi connectivity index (χ3v) is 7.01. The number of ether oxygens (including phenoxy) is 2. The Morgan fingerprint density at radius 2 is 2.20 bits per heavy atom. The summed E-state index contributed by atoms with van der Waals surface area (Å²) in [5.41, 5.74) is 1.45. The lowest BCUT2D eigenvalue weighted by atomic mass is 9.92. The Kier molecular flexibility index (Phi) is 5.02.